The molecule has 0 aliphatic heterocycles. The van der Waals surface area contributed by atoms with Crippen molar-refractivity contribution < 1.29 is 28.5 Å². The van der Waals surface area contributed by atoms with Crippen LogP contribution in [0.15, 0.2) is 42.5 Å². The number of methoxy groups -OCH3 is 3. The van der Waals surface area contributed by atoms with E-state index in [1.54, 1.807) is 36.4 Å². The number of hydrogen-bond donors (Lipinski definition) is 1. The number of nitrogens with one attached hydrogen (secondary N) is 1. The van der Waals surface area contributed by atoms with Gasteiger partial charge in [0.1, 0.15) is 5.75 Å². The number of carbonyl (C=O) groups excluding carboxylic acids is 2. The van der Waals surface area contributed by atoms with Crippen molar-refractivity contribution in [3.8, 4) is 17.2 Å². The molecule has 0 saturated carbocycles. The maximum Gasteiger partial charge on any atom is 0.331 e. The van der Waals surface area contributed by atoms with E-state index in [0.29, 0.717) is 33.5 Å². The monoisotopic (exact) mass is 405 g/mol. The Labute approximate surface area is 167 Å². The Balaban J connectivity index is 1.95. The third kappa shape index (κ3) is 5.92. The molecular formula is C20H20ClNO6. The molecule has 0 bridgehead atoms. The normalized spacial score (nSPS) is 10.4. The number of anilines is 1. The zero-order valence-corrected chi connectivity index (χ0v) is 16.4. The van der Waals surface area contributed by atoms with Gasteiger partial charge in [-0.25, -0.2) is 4.79 Å². The first-order valence-corrected chi connectivity index (χ1v) is 8.55. The van der Waals surface area contributed by atoms with Gasteiger partial charge in [-0.05, 0) is 36.4 Å². The standard InChI is InChI=1S/C20H20ClNO6/c1-25-16-11-18(27-3)17(26-2)10-13(16)4-9-20(24)28-12-19(23)22-15-7-5-14(21)6-8-15/h4-11H,12H2,1-3H3,(H,22,23)/b9-4+. The fourth-order valence-electron chi connectivity index (χ4n) is 2.26. The molecule has 0 aromatic heterocycles. The van der Waals surface area contributed by atoms with Gasteiger partial charge in [-0.3, -0.25) is 4.79 Å². The van der Waals surface area contributed by atoms with Gasteiger partial charge in [-0.2, -0.15) is 0 Å². The van der Waals surface area contributed by atoms with E-state index in [9.17, 15) is 9.59 Å². The number of halogens is 1. The number of carbonyl (C=O) groups is 2. The molecule has 7 nitrogen and oxygen atoms in total. The Kier molecular flexibility index (Phi) is 7.71. The quantitative estimate of drug-likeness (QED) is 0.534. The van der Waals surface area contributed by atoms with Gasteiger partial charge in [0.2, 0.25) is 0 Å². The first-order valence-electron chi connectivity index (χ1n) is 8.17. The first-order chi connectivity index (χ1) is 13.5. The average molecular weight is 406 g/mol. The smallest absolute Gasteiger partial charge is 0.331 e. The molecule has 0 aliphatic rings. The molecule has 0 atom stereocenters. The molecule has 0 heterocycles. The molecule has 0 saturated heterocycles. The highest BCUT2D eigenvalue weighted by Crippen LogP contribution is 2.35. The molecular weight excluding hydrogens is 386 g/mol. The van der Waals surface area contributed by atoms with Crippen molar-refractivity contribution in [2.24, 2.45) is 0 Å². The molecule has 2 rings (SSSR count). The minimum Gasteiger partial charge on any atom is -0.496 e. The van der Waals surface area contributed by atoms with Crippen LogP contribution >= 0.6 is 11.6 Å². The Morgan fingerprint density at radius 2 is 1.57 bits per heavy atom. The second-order valence-corrected chi connectivity index (χ2v) is 5.88. The van der Waals surface area contributed by atoms with Gasteiger partial charge < -0.3 is 24.3 Å². The average Bonchev–Trinajstić information content (AvgIpc) is 2.71. The summed E-state index contributed by atoms with van der Waals surface area (Å²) in [6.45, 7) is -0.422. The molecule has 148 valence electrons. The molecule has 28 heavy (non-hydrogen) atoms. The van der Waals surface area contributed by atoms with Gasteiger partial charge in [-0.1, -0.05) is 11.6 Å². The molecule has 1 amide bonds. The zero-order chi connectivity index (χ0) is 20.5. The minimum absolute atomic E-state index is 0.422. The Hall–Kier alpha value is -3.19. The van der Waals surface area contributed by atoms with E-state index in [4.69, 9.17) is 30.5 Å². The van der Waals surface area contributed by atoms with Crippen molar-refractivity contribution in [3.63, 3.8) is 0 Å². The Bertz CT molecular complexity index is 864. The maximum absolute atomic E-state index is 11.9. The SMILES string of the molecule is COc1cc(OC)c(OC)cc1/C=C/C(=O)OCC(=O)Nc1ccc(Cl)cc1. The van der Waals surface area contributed by atoms with Crippen molar-refractivity contribution in [2.75, 3.05) is 33.3 Å². The fraction of sp³-hybridized carbons (Fsp3) is 0.200. The highest BCUT2D eigenvalue weighted by Gasteiger charge is 2.11. The zero-order valence-electron chi connectivity index (χ0n) is 15.7. The van der Waals surface area contributed by atoms with Crippen LogP contribution in [0.25, 0.3) is 6.08 Å². The van der Waals surface area contributed by atoms with Crippen LogP contribution in [-0.4, -0.2) is 39.8 Å². The minimum atomic E-state index is -0.678. The van der Waals surface area contributed by atoms with Gasteiger partial charge >= 0.3 is 5.97 Å². The molecule has 0 fully saturated rings. The number of ether oxygens (including phenoxy) is 4. The van der Waals surface area contributed by atoms with Gasteiger partial charge in [-0.15, -0.1) is 0 Å². The number of benzene rings is 2. The van der Waals surface area contributed by atoms with E-state index in [2.05, 4.69) is 5.32 Å². The summed E-state index contributed by atoms with van der Waals surface area (Å²) in [5.41, 5.74) is 1.14. The molecule has 2 aromatic rings. The lowest BCUT2D eigenvalue weighted by Crippen LogP contribution is -2.20. The topological polar surface area (TPSA) is 83.1 Å². The van der Waals surface area contributed by atoms with Crippen molar-refractivity contribution in [2.45, 2.75) is 0 Å². The van der Waals surface area contributed by atoms with E-state index in [-0.39, 0.29) is 0 Å². The van der Waals surface area contributed by atoms with Crippen molar-refractivity contribution >= 4 is 35.2 Å². The van der Waals surface area contributed by atoms with Crippen LogP contribution in [0, 0.1) is 0 Å². The molecule has 0 spiro atoms. The molecule has 0 radical (unpaired) electrons. The van der Waals surface area contributed by atoms with E-state index in [1.165, 1.54) is 33.5 Å². The van der Waals surface area contributed by atoms with Crippen molar-refractivity contribution in [1.82, 2.24) is 0 Å². The van der Waals surface area contributed by atoms with E-state index < -0.39 is 18.5 Å². The van der Waals surface area contributed by atoms with Crippen molar-refractivity contribution in [1.29, 1.82) is 0 Å². The van der Waals surface area contributed by atoms with Gasteiger partial charge in [0, 0.05) is 28.4 Å². The number of hydrogen-bond acceptors (Lipinski definition) is 6. The molecule has 8 heteroatoms. The highest BCUT2D eigenvalue weighted by atomic mass is 35.5. The van der Waals surface area contributed by atoms with Crippen LogP contribution in [0.2, 0.25) is 5.02 Å². The second-order valence-electron chi connectivity index (χ2n) is 5.45. The number of esters is 1. The predicted molar refractivity (Wildman–Crippen MR) is 106 cm³/mol. The van der Waals surface area contributed by atoms with Crippen molar-refractivity contribution in [3.05, 3.63) is 53.1 Å². The molecule has 1 N–H and O–H groups in total. The van der Waals surface area contributed by atoms with Crippen LogP contribution in [0.3, 0.4) is 0 Å². The summed E-state index contributed by atoms with van der Waals surface area (Å²) < 4.78 is 20.7. The summed E-state index contributed by atoms with van der Waals surface area (Å²) in [6.07, 6.45) is 2.69. The van der Waals surface area contributed by atoms with Crippen LogP contribution in [0.4, 0.5) is 5.69 Å². The van der Waals surface area contributed by atoms with Gasteiger partial charge in [0.15, 0.2) is 18.1 Å². The van der Waals surface area contributed by atoms with E-state index >= 15 is 0 Å². The van der Waals surface area contributed by atoms with Crippen LogP contribution in [0.1, 0.15) is 5.56 Å². The third-order valence-electron chi connectivity index (χ3n) is 3.61. The largest absolute Gasteiger partial charge is 0.496 e. The van der Waals surface area contributed by atoms with Crippen LogP contribution in [-0.2, 0) is 14.3 Å². The van der Waals surface area contributed by atoms with E-state index in [0.717, 1.165) is 0 Å². The predicted octanol–water partition coefficient (Wildman–Crippen LogP) is 3.56. The fourth-order valence-corrected chi connectivity index (χ4v) is 2.38. The lowest BCUT2D eigenvalue weighted by molar-refractivity contribution is -0.142. The Morgan fingerprint density at radius 1 is 0.964 bits per heavy atom. The van der Waals surface area contributed by atoms with Crippen LogP contribution < -0.4 is 19.5 Å². The summed E-state index contributed by atoms with van der Waals surface area (Å²) in [5.74, 6) is 0.328. The first kappa shape index (κ1) is 21.1. The summed E-state index contributed by atoms with van der Waals surface area (Å²) >= 11 is 5.78. The van der Waals surface area contributed by atoms with Gasteiger partial charge in [0.25, 0.3) is 5.91 Å². The summed E-state index contributed by atoms with van der Waals surface area (Å²) in [6, 6.07) is 9.87. The molecule has 0 aliphatic carbocycles. The van der Waals surface area contributed by atoms with E-state index in [1.807, 2.05) is 0 Å². The number of amides is 1. The maximum atomic E-state index is 11.9. The molecule has 2 aromatic carbocycles. The Morgan fingerprint density at radius 3 is 2.18 bits per heavy atom. The lowest BCUT2D eigenvalue weighted by Gasteiger charge is -2.12. The third-order valence-corrected chi connectivity index (χ3v) is 3.86. The molecule has 0 unspecified atom stereocenters. The summed E-state index contributed by atoms with van der Waals surface area (Å²) in [5, 5.41) is 3.15. The summed E-state index contributed by atoms with van der Waals surface area (Å²) in [7, 11) is 4.52. The highest BCUT2D eigenvalue weighted by molar-refractivity contribution is 6.30. The second kappa shape index (κ2) is 10.2. The lowest BCUT2D eigenvalue weighted by atomic mass is 10.1. The summed E-state index contributed by atoms with van der Waals surface area (Å²) in [4.78, 5) is 23.7. The number of rotatable bonds is 8. The van der Waals surface area contributed by atoms with Crippen LogP contribution in [0.5, 0.6) is 17.2 Å². The van der Waals surface area contributed by atoms with Gasteiger partial charge in [0.05, 0.1) is 21.3 Å².